The van der Waals surface area contributed by atoms with Crippen LogP contribution in [0.2, 0.25) is 0 Å². The number of nitrogens with one attached hydrogen (secondary N) is 2. The van der Waals surface area contributed by atoms with Gasteiger partial charge in [-0.05, 0) is 32.2 Å². The van der Waals surface area contributed by atoms with Gasteiger partial charge in [0.05, 0.1) is 18.7 Å². The molecule has 1 amide bonds. The summed E-state index contributed by atoms with van der Waals surface area (Å²) < 4.78 is 33.7. The summed E-state index contributed by atoms with van der Waals surface area (Å²) in [6.45, 7) is 4.89. The van der Waals surface area contributed by atoms with Crippen molar-refractivity contribution in [1.82, 2.24) is 10.0 Å². The first-order valence-electron chi connectivity index (χ1n) is 7.47. The largest absolute Gasteiger partial charge is 0.452 e. The van der Waals surface area contributed by atoms with Gasteiger partial charge in [0, 0.05) is 16.1 Å². The number of carbonyl (C=O) groups excluding carboxylic acids is 2. The second-order valence-electron chi connectivity index (χ2n) is 5.46. The predicted octanol–water partition coefficient (Wildman–Crippen LogP) is 1.27. The SMILES string of the molecule is CC1=NS(=O)(=O)NC(C)=C1CC(=O)O[C@@H](C)C(=O)NCc1cccs1. The van der Waals surface area contributed by atoms with Gasteiger partial charge in [0.25, 0.3) is 5.91 Å². The molecule has 1 atom stereocenters. The second-order valence-corrected chi connectivity index (χ2v) is 7.83. The molecular weight excluding hydrogens is 366 g/mol. The van der Waals surface area contributed by atoms with Gasteiger partial charge in [-0.2, -0.15) is 8.42 Å². The number of hydrogen-bond donors (Lipinski definition) is 2. The van der Waals surface area contributed by atoms with E-state index < -0.39 is 28.2 Å². The molecule has 0 fully saturated rings. The number of allylic oxidation sites excluding steroid dienone is 1. The zero-order chi connectivity index (χ0) is 18.6. The molecule has 1 aromatic heterocycles. The van der Waals surface area contributed by atoms with Crippen molar-refractivity contribution in [3.05, 3.63) is 33.7 Å². The van der Waals surface area contributed by atoms with Crippen LogP contribution in [-0.4, -0.2) is 32.1 Å². The van der Waals surface area contributed by atoms with Crippen molar-refractivity contribution in [1.29, 1.82) is 0 Å². The number of amides is 1. The minimum absolute atomic E-state index is 0.174. The van der Waals surface area contributed by atoms with Crippen molar-refractivity contribution < 1.29 is 22.7 Å². The molecule has 0 unspecified atom stereocenters. The molecule has 136 valence electrons. The molecule has 2 N–H and O–H groups in total. The highest BCUT2D eigenvalue weighted by atomic mass is 32.2. The number of carbonyl (C=O) groups is 2. The van der Waals surface area contributed by atoms with Gasteiger partial charge in [-0.25, -0.2) is 0 Å². The Bertz CT molecular complexity index is 825. The van der Waals surface area contributed by atoms with Crippen LogP contribution in [0.4, 0.5) is 0 Å². The van der Waals surface area contributed by atoms with E-state index in [1.807, 2.05) is 17.5 Å². The van der Waals surface area contributed by atoms with E-state index in [4.69, 9.17) is 4.74 Å². The van der Waals surface area contributed by atoms with E-state index in [0.29, 0.717) is 17.8 Å². The summed E-state index contributed by atoms with van der Waals surface area (Å²) >= 11 is 1.52. The Hall–Kier alpha value is -2.20. The van der Waals surface area contributed by atoms with Gasteiger partial charge in [-0.1, -0.05) is 6.07 Å². The summed E-state index contributed by atoms with van der Waals surface area (Å²) in [5, 5.41) is 4.60. The Morgan fingerprint density at radius 2 is 2.12 bits per heavy atom. The normalized spacial score (nSPS) is 17.3. The summed E-state index contributed by atoms with van der Waals surface area (Å²) in [4.78, 5) is 25.0. The van der Waals surface area contributed by atoms with Crippen LogP contribution in [0.15, 0.2) is 33.2 Å². The van der Waals surface area contributed by atoms with E-state index >= 15 is 0 Å². The lowest BCUT2D eigenvalue weighted by Gasteiger charge is -2.18. The molecule has 0 radical (unpaired) electrons. The zero-order valence-electron chi connectivity index (χ0n) is 14.0. The van der Waals surface area contributed by atoms with E-state index in [1.54, 1.807) is 0 Å². The van der Waals surface area contributed by atoms with Crippen LogP contribution < -0.4 is 10.0 Å². The van der Waals surface area contributed by atoms with E-state index in [0.717, 1.165) is 4.88 Å². The first-order chi connectivity index (χ1) is 11.7. The summed E-state index contributed by atoms with van der Waals surface area (Å²) in [7, 11) is -3.75. The number of thiophene rings is 1. The standard InChI is InChI=1S/C15H19N3O5S2/c1-9-13(10(2)18-25(21,22)17-9)7-14(19)23-11(3)15(20)16-8-12-5-4-6-24-12/h4-6,11,17H,7-8H2,1-3H3,(H,16,20)/t11-/m0/s1. The molecule has 1 aliphatic rings. The molecule has 1 aromatic rings. The highest BCUT2D eigenvalue weighted by Gasteiger charge is 2.24. The summed E-state index contributed by atoms with van der Waals surface area (Å²) in [6.07, 6.45) is -1.13. The third-order valence-corrected chi connectivity index (χ3v) is 5.40. The number of ether oxygens (including phenoxy) is 1. The smallest absolute Gasteiger partial charge is 0.342 e. The van der Waals surface area contributed by atoms with E-state index in [1.165, 1.54) is 32.1 Å². The van der Waals surface area contributed by atoms with Gasteiger partial charge in [-0.3, -0.25) is 14.3 Å². The molecule has 8 nitrogen and oxygen atoms in total. The molecule has 0 aromatic carbocycles. The molecule has 0 bridgehead atoms. The minimum Gasteiger partial charge on any atom is -0.452 e. The van der Waals surface area contributed by atoms with Gasteiger partial charge < -0.3 is 10.1 Å². The van der Waals surface area contributed by atoms with Crippen LogP contribution in [0.1, 0.15) is 32.1 Å². The number of esters is 1. The lowest BCUT2D eigenvalue weighted by Crippen LogP contribution is -2.36. The Morgan fingerprint density at radius 3 is 2.72 bits per heavy atom. The van der Waals surface area contributed by atoms with Crippen LogP contribution in [0, 0.1) is 0 Å². The van der Waals surface area contributed by atoms with Crippen LogP contribution in [-0.2, 0) is 31.1 Å². The Morgan fingerprint density at radius 1 is 1.40 bits per heavy atom. The highest BCUT2D eigenvalue weighted by molar-refractivity contribution is 7.88. The lowest BCUT2D eigenvalue weighted by atomic mass is 10.1. The van der Waals surface area contributed by atoms with E-state index in [2.05, 4.69) is 14.4 Å². The van der Waals surface area contributed by atoms with Gasteiger partial charge in [0.2, 0.25) is 0 Å². The van der Waals surface area contributed by atoms with Crippen molar-refractivity contribution in [2.24, 2.45) is 4.40 Å². The van der Waals surface area contributed by atoms with E-state index in [9.17, 15) is 18.0 Å². The van der Waals surface area contributed by atoms with Crippen molar-refractivity contribution in [2.75, 3.05) is 0 Å². The fraction of sp³-hybridized carbons (Fsp3) is 0.400. The first-order valence-corrected chi connectivity index (χ1v) is 9.79. The molecule has 0 saturated carbocycles. The topological polar surface area (TPSA) is 114 Å². The van der Waals surface area contributed by atoms with Gasteiger partial charge in [-0.15, -0.1) is 15.7 Å². The summed E-state index contributed by atoms with van der Waals surface area (Å²) in [5.74, 6) is -1.04. The van der Waals surface area contributed by atoms with Crippen LogP contribution >= 0.6 is 11.3 Å². The highest BCUT2D eigenvalue weighted by Crippen LogP contribution is 2.17. The number of hydrogen-bond acceptors (Lipinski definition) is 6. The molecule has 2 heterocycles. The average molecular weight is 385 g/mol. The minimum atomic E-state index is -3.75. The van der Waals surface area contributed by atoms with Gasteiger partial charge in [0.15, 0.2) is 6.10 Å². The lowest BCUT2D eigenvalue weighted by molar-refractivity contribution is -0.154. The fourth-order valence-electron chi connectivity index (χ4n) is 2.21. The molecule has 0 saturated heterocycles. The maximum absolute atomic E-state index is 12.0. The van der Waals surface area contributed by atoms with Gasteiger partial charge in [0.1, 0.15) is 0 Å². The zero-order valence-corrected chi connectivity index (χ0v) is 15.7. The number of nitrogens with zero attached hydrogens (tertiary/aromatic N) is 1. The molecule has 0 aliphatic carbocycles. The van der Waals surface area contributed by atoms with Crippen molar-refractivity contribution in [3.8, 4) is 0 Å². The fourth-order valence-corrected chi connectivity index (χ4v) is 3.88. The third kappa shape index (κ3) is 5.40. The van der Waals surface area contributed by atoms with Crippen molar-refractivity contribution in [3.63, 3.8) is 0 Å². The Balaban J connectivity index is 1.89. The second kappa shape index (κ2) is 7.79. The van der Waals surface area contributed by atoms with Crippen LogP contribution in [0.5, 0.6) is 0 Å². The molecule has 1 aliphatic heterocycles. The van der Waals surface area contributed by atoms with Crippen molar-refractivity contribution in [2.45, 2.75) is 39.8 Å². The molecule has 10 heteroatoms. The quantitative estimate of drug-likeness (QED) is 0.716. The molecule has 0 spiro atoms. The molecule has 2 rings (SSSR count). The van der Waals surface area contributed by atoms with Crippen LogP contribution in [0.25, 0.3) is 0 Å². The monoisotopic (exact) mass is 385 g/mol. The maximum Gasteiger partial charge on any atom is 0.342 e. The number of rotatable bonds is 6. The molecule has 25 heavy (non-hydrogen) atoms. The maximum atomic E-state index is 12.0. The summed E-state index contributed by atoms with van der Waals surface area (Å²) in [5.41, 5.74) is 0.980. The average Bonchev–Trinajstić information content (AvgIpc) is 3.01. The van der Waals surface area contributed by atoms with Crippen molar-refractivity contribution >= 4 is 39.1 Å². The predicted molar refractivity (Wildman–Crippen MR) is 94.2 cm³/mol. The third-order valence-electron chi connectivity index (χ3n) is 3.44. The first kappa shape index (κ1) is 19.1. The molecular formula is C15H19N3O5S2. The van der Waals surface area contributed by atoms with E-state index in [-0.39, 0.29) is 12.1 Å². The van der Waals surface area contributed by atoms with Gasteiger partial charge >= 0.3 is 16.2 Å². The van der Waals surface area contributed by atoms with Crippen LogP contribution in [0.3, 0.4) is 0 Å². The summed E-state index contributed by atoms with van der Waals surface area (Å²) in [6, 6.07) is 3.77. The Labute approximate surface area is 150 Å². The Kier molecular flexibility index (Phi) is 5.96.